The summed E-state index contributed by atoms with van der Waals surface area (Å²) in [6, 6.07) is 0. The molecule has 9 nitrogen and oxygen atoms in total. The Labute approximate surface area is 106 Å². The first-order valence-electron chi connectivity index (χ1n) is 5.47. The van der Waals surface area contributed by atoms with Crippen LogP contribution in [0.5, 0.6) is 0 Å². The summed E-state index contributed by atoms with van der Waals surface area (Å²) in [7, 11) is 0. The topological polar surface area (TPSA) is 167 Å². The maximum absolute atomic E-state index is 11.9. The SMILES string of the molecule is N=C(N)CCNC(=O)c1c[nH]c2nc(N)[nH]c(=O)c12. The zero-order chi connectivity index (χ0) is 14.0. The fraction of sp³-hybridized carbons (Fsp3) is 0.200. The van der Waals surface area contributed by atoms with Crippen LogP contribution in [-0.2, 0) is 0 Å². The van der Waals surface area contributed by atoms with Gasteiger partial charge in [-0.15, -0.1) is 0 Å². The first kappa shape index (κ1) is 12.6. The number of amides is 1. The number of hydrogen-bond donors (Lipinski definition) is 6. The van der Waals surface area contributed by atoms with E-state index in [0.717, 1.165) is 0 Å². The van der Waals surface area contributed by atoms with Crippen molar-refractivity contribution in [2.45, 2.75) is 6.42 Å². The average molecular weight is 263 g/mol. The molecule has 0 saturated carbocycles. The van der Waals surface area contributed by atoms with Crippen molar-refractivity contribution in [1.29, 1.82) is 5.41 Å². The number of nitrogens with zero attached hydrogens (tertiary/aromatic N) is 1. The van der Waals surface area contributed by atoms with E-state index in [1.165, 1.54) is 6.20 Å². The van der Waals surface area contributed by atoms with E-state index in [0.29, 0.717) is 0 Å². The minimum atomic E-state index is -0.486. The van der Waals surface area contributed by atoms with Crippen molar-refractivity contribution < 1.29 is 4.79 Å². The molecule has 9 heteroatoms. The molecule has 2 heterocycles. The maximum Gasteiger partial charge on any atom is 0.262 e. The van der Waals surface area contributed by atoms with Crippen LogP contribution in [0.2, 0.25) is 0 Å². The Kier molecular flexibility index (Phi) is 3.19. The number of aromatic amines is 2. The molecule has 0 bridgehead atoms. The Morgan fingerprint density at radius 2 is 2.26 bits per heavy atom. The molecule has 19 heavy (non-hydrogen) atoms. The van der Waals surface area contributed by atoms with Gasteiger partial charge in [0, 0.05) is 19.2 Å². The molecule has 0 spiro atoms. The number of aromatic nitrogens is 3. The third-order valence-corrected chi connectivity index (χ3v) is 2.48. The van der Waals surface area contributed by atoms with Crippen LogP contribution < -0.4 is 22.3 Å². The number of nitrogens with two attached hydrogens (primary N) is 2. The van der Waals surface area contributed by atoms with Gasteiger partial charge in [0.25, 0.3) is 11.5 Å². The van der Waals surface area contributed by atoms with E-state index < -0.39 is 11.5 Å². The van der Waals surface area contributed by atoms with Crippen LogP contribution in [0.1, 0.15) is 16.8 Å². The Morgan fingerprint density at radius 3 is 2.95 bits per heavy atom. The summed E-state index contributed by atoms with van der Waals surface area (Å²) in [6.45, 7) is 0.223. The monoisotopic (exact) mass is 263 g/mol. The van der Waals surface area contributed by atoms with E-state index in [4.69, 9.17) is 16.9 Å². The minimum absolute atomic E-state index is 0.0217. The van der Waals surface area contributed by atoms with Gasteiger partial charge in [0.2, 0.25) is 5.95 Å². The zero-order valence-electron chi connectivity index (χ0n) is 9.91. The highest BCUT2D eigenvalue weighted by Gasteiger charge is 2.15. The lowest BCUT2D eigenvalue weighted by molar-refractivity contribution is 0.0956. The van der Waals surface area contributed by atoms with Gasteiger partial charge in [-0.3, -0.25) is 20.0 Å². The summed E-state index contributed by atoms with van der Waals surface area (Å²) < 4.78 is 0. The molecule has 2 aromatic rings. The maximum atomic E-state index is 11.9. The molecule has 0 aliphatic heterocycles. The van der Waals surface area contributed by atoms with Gasteiger partial charge in [-0.2, -0.15) is 4.98 Å². The van der Waals surface area contributed by atoms with Crippen molar-refractivity contribution in [3.8, 4) is 0 Å². The number of nitrogens with one attached hydrogen (secondary N) is 4. The largest absolute Gasteiger partial charge is 0.388 e. The first-order chi connectivity index (χ1) is 8.99. The molecule has 0 saturated heterocycles. The van der Waals surface area contributed by atoms with Gasteiger partial charge in [0.15, 0.2) is 0 Å². The number of anilines is 1. The molecule has 8 N–H and O–H groups in total. The Morgan fingerprint density at radius 1 is 1.53 bits per heavy atom. The normalized spacial score (nSPS) is 10.5. The van der Waals surface area contributed by atoms with Gasteiger partial charge in [-0.25, -0.2) is 0 Å². The average Bonchev–Trinajstić information content (AvgIpc) is 2.72. The number of nitrogen functional groups attached to an aromatic ring is 1. The Bertz CT molecular complexity index is 699. The summed E-state index contributed by atoms with van der Waals surface area (Å²) >= 11 is 0. The standard InChI is InChI=1S/C10H13N7O2/c11-5(12)1-2-14-8(18)4-3-15-7-6(4)9(19)17-10(13)16-7/h3H,1-2H2,(H3,11,12)(H,14,18)(H4,13,15,16,17,19). The predicted octanol–water partition coefficient (Wildman–Crippen LogP) is -1.11. The van der Waals surface area contributed by atoms with Crippen molar-refractivity contribution in [2.24, 2.45) is 5.73 Å². The molecule has 0 aliphatic rings. The summed E-state index contributed by atoms with van der Waals surface area (Å²) in [6.07, 6.45) is 1.63. The van der Waals surface area contributed by atoms with Crippen molar-refractivity contribution in [1.82, 2.24) is 20.3 Å². The number of fused-ring (bicyclic) bond motifs is 1. The smallest absolute Gasteiger partial charge is 0.262 e. The highest BCUT2D eigenvalue weighted by Crippen LogP contribution is 2.12. The molecule has 2 rings (SSSR count). The number of carbonyl (C=O) groups excluding carboxylic acids is 1. The van der Waals surface area contributed by atoms with Crippen LogP contribution in [0.4, 0.5) is 5.95 Å². The lowest BCUT2D eigenvalue weighted by Crippen LogP contribution is -2.28. The summed E-state index contributed by atoms with van der Waals surface area (Å²) in [5.41, 5.74) is 10.5. The number of H-pyrrole nitrogens is 2. The first-order valence-corrected chi connectivity index (χ1v) is 5.47. The summed E-state index contributed by atoms with van der Waals surface area (Å²) in [4.78, 5) is 32.5. The van der Waals surface area contributed by atoms with Crippen LogP contribution in [0.3, 0.4) is 0 Å². The lowest BCUT2D eigenvalue weighted by atomic mass is 10.2. The van der Waals surface area contributed by atoms with Gasteiger partial charge in [0.05, 0.1) is 16.8 Å². The second-order valence-electron chi connectivity index (χ2n) is 3.91. The fourth-order valence-electron chi connectivity index (χ4n) is 1.64. The highest BCUT2D eigenvalue weighted by atomic mass is 16.2. The van der Waals surface area contributed by atoms with Gasteiger partial charge in [0.1, 0.15) is 5.65 Å². The van der Waals surface area contributed by atoms with E-state index in [-0.39, 0.29) is 41.3 Å². The van der Waals surface area contributed by atoms with E-state index in [2.05, 4.69) is 20.3 Å². The molecule has 2 aromatic heterocycles. The Balaban J connectivity index is 2.28. The molecular weight excluding hydrogens is 250 g/mol. The summed E-state index contributed by atoms with van der Waals surface area (Å²) in [5.74, 6) is -0.487. The van der Waals surface area contributed by atoms with Crippen molar-refractivity contribution in [2.75, 3.05) is 12.3 Å². The number of amidine groups is 1. The van der Waals surface area contributed by atoms with Crippen molar-refractivity contribution in [3.63, 3.8) is 0 Å². The molecule has 1 amide bonds. The molecule has 0 atom stereocenters. The molecule has 0 fully saturated rings. The minimum Gasteiger partial charge on any atom is -0.388 e. The van der Waals surface area contributed by atoms with Crippen LogP contribution >= 0.6 is 0 Å². The van der Waals surface area contributed by atoms with Crippen molar-refractivity contribution in [3.05, 3.63) is 22.1 Å². The highest BCUT2D eigenvalue weighted by molar-refractivity contribution is 6.05. The molecule has 0 aromatic carbocycles. The van der Waals surface area contributed by atoms with Gasteiger partial charge < -0.3 is 21.8 Å². The van der Waals surface area contributed by atoms with Gasteiger partial charge in [-0.05, 0) is 0 Å². The third-order valence-electron chi connectivity index (χ3n) is 2.48. The quantitative estimate of drug-likeness (QED) is 0.303. The molecule has 100 valence electrons. The second kappa shape index (κ2) is 4.80. The third kappa shape index (κ3) is 2.54. The predicted molar refractivity (Wildman–Crippen MR) is 70.0 cm³/mol. The van der Waals surface area contributed by atoms with Crippen molar-refractivity contribution >= 4 is 28.7 Å². The van der Waals surface area contributed by atoms with E-state index in [1.807, 2.05) is 0 Å². The Hall–Kier alpha value is -2.84. The van der Waals surface area contributed by atoms with E-state index in [1.54, 1.807) is 0 Å². The van der Waals surface area contributed by atoms with E-state index in [9.17, 15) is 9.59 Å². The van der Waals surface area contributed by atoms with Crippen LogP contribution in [0, 0.1) is 5.41 Å². The van der Waals surface area contributed by atoms with Crippen LogP contribution in [-0.4, -0.2) is 33.2 Å². The van der Waals surface area contributed by atoms with Crippen LogP contribution in [0.25, 0.3) is 11.0 Å². The second-order valence-corrected chi connectivity index (χ2v) is 3.91. The lowest BCUT2D eigenvalue weighted by Gasteiger charge is -2.02. The number of carbonyl (C=O) groups is 1. The molecule has 0 aliphatic carbocycles. The number of hydrogen-bond acceptors (Lipinski definition) is 5. The zero-order valence-corrected chi connectivity index (χ0v) is 9.91. The van der Waals surface area contributed by atoms with Gasteiger partial charge in [-0.1, -0.05) is 0 Å². The van der Waals surface area contributed by atoms with Gasteiger partial charge >= 0.3 is 0 Å². The summed E-state index contributed by atoms with van der Waals surface area (Å²) in [5, 5.41) is 9.75. The van der Waals surface area contributed by atoms with E-state index >= 15 is 0 Å². The fourth-order valence-corrected chi connectivity index (χ4v) is 1.64. The number of rotatable bonds is 4. The van der Waals surface area contributed by atoms with Crippen LogP contribution in [0.15, 0.2) is 11.0 Å². The molecule has 0 radical (unpaired) electrons. The molecule has 0 unspecified atom stereocenters. The molecular formula is C10H13N7O2.